The molecule has 1 aliphatic heterocycles. The van der Waals surface area contributed by atoms with Gasteiger partial charge in [0.2, 0.25) is 5.91 Å². The SMILES string of the molecule is Cc1cccc(C2c3cc(OC(C)C(=O)NCC(C)C)ccc3CCN2C(=O)C2CCCC2)c1. The van der Waals surface area contributed by atoms with E-state index >= 15 is 0 Å². The Morgan fingerprint density at radius 3 is 2.56 bits per heavy atom. The molecule has 1 saturated carbocycles. The monoisotopic (exact) mass is 462 g/mol. The van der Waals surface area contributed by atoms with Crippen molar-refractivity contribution in [2.75, 3.05) is 13.1 Å². The van der Waals surface area contributed by atoms with Crippen molar-refractivity contribution in [3.05, 3.63) is 64.7 Å². The summed E-state index contributed by atoms with van der Waals surface area (Å²) in [6, 6.07) is 14.4. The van der Waals surface area contributed by atoms with Gasteiger partial charge in [0.25, 0.3) is 5.91 Å². The molecular formula is C29H38N2O3. The summed E-state index contributed by atoms with van der Waals surface area (Å²) in [4.78, 5) is 28.2. The van der Waals surface area contributed by atoms with Gasteiger partial charge in [-0.05, 0) is 67.9 Å². The van der Waals surface area contributed by atoms with Crippen molar-refractivity contribution < 1.29 is 14.3 Å². The lowest BCUT2D eigenvalue weighted by molar-refractivity contribution is -0.137. The lowest BCUT2D eigenvalue weighted by atomic mass is 9.86. The van der Waals surface area contributed by atoms with Crippen LogP contribution in [0.15, 0.2) is 42.5 Å². The van der Waals surface area contributed by atoms with Crippen molar-refractivity contribution in [2.45, 2.75) is 71.9 Å². The second-order valence-corrected chi connectivity index (χ2v) is 10.3. The highest BCUT2D eigenvalue weighted by Gasteiger charge is 2.36. The Morgan fingerprint density at radius 2 is 1.85 bits per heavy atom. The van der Waals surface area contributed by atoms with Gasteiger partial charge >= 0.3 is 0 Å². The van der Waals surface area contributed by atoms with Crippen LogP contribution in [0.4, 0.5) is 0 Å². The van der Waals surface area contributed by atoms with Crippen LogP contribution in [0.2, 0.25) is 0 Å². The van der Waals surface area contributed by atoms with E-state index in [0.717, 1.165) is 49.8 Å². The van der Waals surface area contributed by atoms with Crippen molar-refractivity contribution in [2.24, 2.45) is 11.8 Å². The number of nitrogens with one attached hydrogen (secondary N) is 1. The minimum atomic E-state index is -0.589. The van der Waals surface area contributed by atoms with Crippen molar-refractivity contribution in [1.82, 2.24) is 10.2 Å². The van der Waals surface area contributed by atoms with E-state index in [1.807, 2.05) is 12.1 Å². The van der Waals surface area contributed by atoms with Gasteiger partial charge in [-0.2, -0.15) is 0 Å². The number of rotatable bonds is 7. The zero-order chi connectivity index (χ0) is 24.2. The lowest BCUT2D eigenvalue weighted by Gasteiger charge is -2.39. The van der Waals surface area contributed by atoms with Gasteiger partial charge in [0, 0.05) is 19.0 Å². The molecule has 1 heterocycles. The fourth-order valence-corrected chi connectivity index (χ4v) is 5.22. The van der Waals surface area contributed by atoms with Gasteiger partial charge in [0.05, 0.1) is 6.04 Å². The first-order valence-electron chi connectivity index (χ1n) is 12.8. The number of amides is 2. The number of fused-ring (bicyclic) bond motifs is 1. The molecule has 5 nitrogen and oxygen atoms in total. The summed E-state index contributed by atoms with van der Waals surface area (Å²) >= 11 is 0. The Balaban J connectivity index is 1.64. The molecule has 2 unspecified atom stereocenters. The van der Waals surface area contributed by atoms with Gasteiger partial charge in [-0.1, -0.05) is 62.6 Å². The van der Waals surface area contributed by atoms with Crippen LogP contribution in [0.5, 0.6) is 5.75 Å². The van der Waals surface area contributed by atoms with E-state index in [4.69, 9.17) is 4.74 Å². The van der Waals surface area contributed by atoms with Crippen LogP contribution in [-0.4, -0.2) is 35.9 Å². The molecule has 34 heavy (non-hydrogen) atoms. The topological polar surface area (TPSA) is 58.6 Å². The molecule has 5 heteroatoms. The second kappa shape index (κ2) is 10.6. The van der Waals surface area contributed by atoms with E-state index in [-0.39, 0.29) is 23.8 Å². The van der Waals surface area contributed by atoms with Crippen molar-refractivity contribution in [3.63, 3.8) is 0 Å². The Hall–Kier alpha value is -2.82. The summed E-state index contributed by atoms with van der Waals surface area (Å²) in [6.07, 6.45) is 4.52. The number of nitrogens with zero attached hydrogens (tertiary/aromatic N) is 1. The second-order valence-electron chi connectivity index (χ2n) is 10.3. The fourth-order valence-electron chi connectivity index (χ4n) is 5.22. The van der Waals surface area contributed by atoms with Gasteiger partial charge in [-0.15, -0.1) is 0 Å². The van der Waals surface area contributed by atoms with Gasteiger partial charge in [0.15, 0.2) is 6.10 Å². The number of ether oxygens (including phenoxy) is 1. The third kappa shape index (κ3) is 5.45. The molecule has 0 aromatic heterocycles. The van der Waals surface area contributed by atoms with Crippen LogP contribution in [0, 0.1) is 18.8 Å². The maximum atomic E-state index is 13.6. The summed E-state index contributed by atoms with van der Waals surface area (Å²) in [5.41, 5.74) is 4.66. The molecule has 2 amide bonds. The molecular weight excluding hydrogens is 424 g/mol. The first kappa shape index (κ1) is 24.3. The molecule has 0 bridgehead atoms. The zero-order valence-corrected chi connectivity index (χ0v) is 21.0. The largest absolute Gasteiger partial charge is 0.481 e. The summed E-state index contributed by atoms with van der Waals surface area (Å²) in [6.45, 7) is 9.37. The predicted molar refractivity (Wildman–Crippen MR) is 135 cm³/mol. The van der Waals surface area contributed by atoms with Crippen molar-refractivity contribution in [3.8, 4) is 5.75 Å². The third-order valence-corrected chi connectivity index (χ3v) is 7.06. The fraction of sp³-hybridized carbons (Fsp3) is 0.517. The summed E-state index contributed by atoms with van der Waals surface area (Å²) in [5.74, 6) is 1.36. The molecule has 2 aromatic rings. The number of aryl methyl sites for hydroxylation is 1. The van der Waals surface area contributed by atoms with Gasteiger partial charge in [-0.3, -0.25) is 9.59 Å². The van der Waals surface area contributed by atoms with E-state index < -0.39 is 6.10 Å². The van der Waals surface area contributed by atoms with Crippen LogP contribution in [0.1, 0.15) is 74.8 Å². The van der Waals surface area contributed by atoms with Gasteiger partial charge < -0.3 is 15.0 Å². The number of carbonyl (C=O) groups excluding carboxylic acids is 2. The molecule has 1 N–H and O–H groups in total. The standard InChI is InChI=1S/C29H38N2O3/c1-19(2)18-30-28(32)21(4)34-25-13-12-22-14-15-31(29(33)23-9-5-6-10-23)27(26(22)17-25)24-11-7-8-20(3)16-24/h7-8,11-13,16-17,19,21,23,27H,5-6,9-10,14-15,18H2,1-4H3,(H,30,32). The van der Waals surface area contributed by atoms with Crippen LogP contribution in [0.3, 0.4) is 0 Å². The Kier molecular flexibility index (Phi) is 7.60. The van der Waals surface area contributed by atoms with Crippen LogP contribution >= 0.6 is 0 Å². The molecule has 2 aliphatic rings. The van der Waals surface area contributed by atoms with E-state index in [0.29, 0.717) is 18.2 Å². The van der Waals surface area contributed by atoms with Gasteiger partial charge in [0.1, 0.15) is 5.75 Å². The van der Waals surface area contributed by atoms with Gasteiger partial charge in [-0.25, -0.2) is 0 Å². The van der Waals surface area contributed by atoms with Crippen LogP contribution in [-0.2, 0) is 16.0 Å². The molecule has 2 atom stereocenters. The number of hydrogen-bond donors (Lipinski definition) is 1. The predicted octanol–water partition coefficient (Wildman–Crippen LogP) is 5.20. The minimum absolute atomic E-state index is 0.111. The maximum Gasteiger partial charge on any atom is 0.260 e. The third-order valence-electron chi connectivity index (χ3n) is 7.06. The highest BCUT2D eigenvalue weighted by atomic mass is 16.5. The molecule has 1 aliphatic carbocycles. The smallest absolute Gasteiger partial charge is 0.260 e. The molecule has 0 saturated heterocycles. The molecule has 0 spiro atoms. The first-order valence-corrected chi connectivity index (χ1v) is 12.8. The summed E-state index contributed by atoms with van der Waals surface area (Å²) < 4.78 is 6.06. The van der Waals surface area contributed by atoms with E-state index in [1.54, 1.807) is 6.92 Å². The number of hydrogen-bond acceptors (Lipinski definition) is 3. The highest BCUT2D eigenvalue weighted by molar-refractivity contribution is 5.81. The Bertz CT molecular complexity index is 1030. The summed E-state index contributed by atoms with van der Waals surface area (Å²) in [7, 11) is 0. The minimum Gasteiger partial charge on any atom is -0.481 e. The summed E-state index contributed by atoms with van der Waals surface area (Å²) in [5, 5.41) is 2.94. The molecule has 0 radical (unpaired) electrons. The quantitative estimate of drug-likeness (QED) is 0.615. The maximum absolute atomic E-state index is 13.6. The molecule has 4 rings (SSSR count). The number of benzene rings is 2. The average molecular weight is 463 g/mol. The number of carbonyl (C=O) groups is 2. The molecule has 182 valence electrons. The Morgan fingerprint density at radius 1 is 1.09 bits per heavy atom. The molecule has 2 aromatic carbocycles. The van der Waals surface area contributed by atoms with E-state index in [9.17, 15) is 9.59 Å². The van der Waals surface area contributed by atoms with Crippen molar-refractivity contribution >= 4 is 11.8 Å². The normalized spacial score (nSPS) is 19.1. The Labute approximate surface area is 203 Å². The van der Waals surface area contributed by atoms with E-state index in [1.165, 1.54) is 11.1 Å². The average Bonchev–Trinajstić information content (AvgIpc) is 3.36. The van der Waals surface area contributed by atoms with Crippen molar-refractivity contribution in [1.29, 1.82) is 0 Å². The zero-order valence-electron chi connectivity index (χ0n) is 21.0. The van der Waals surface area contributed by atoms with Crippen LogP contribution < -0.4 is 10.1 Å². The van der Waals surface area contributed by atoms with Crippen LogP contribution in [0.25, 0.3) is 0 Å². The lowest BCUT2D eigenvalue weighted by Crippen LogP contribution is -2.43. The first-order chi connectivity index (χ1) is 16.3. The van der Waals surface area contributed by atoms with E-state index in [2.05, 4.69) is 61.3 Å². The highest BCUT2D eigenvalue weighted by Crippen LogP contribution is 2.40. The molecule has 1 fully saturated rings.